The van der Waals surface area contributed by atoms with Crippen LogP contribution in [0.25, 0.3) is 0 Å². The number of carbonyl (C=O) groups is 3. The van der Waals surface area contributed by atoms with E-state index in [0.29, 0.717) is 31.7 Å². The molecule has 3 aliphatic rings. The lowest BCUT2D eigenvalue weighted by atomic mass is 9.85. The van der Waals surface area contributed by atoms with E-state index < -0.39 is 6.04 Å². The molecule has 4 rings (SSSR count). The fourth-order valence-electron chi connectivity index (χ4n) is 4.82. The first-order chi connectivity index (χ1) is 14.5. The molecule has 2 saturated heterocycles. The van der Waals surface area contributed by atoms with Crippen molar-refractivity contribution in [2.75, 3.05) is 26.8 Å². The van der Waals surface area contributed by atoms with Gasteiger partial charge in [-0.2, -0.15) is 0 Å². The van der Waals surface area contributed by atoms with E-state index in [9.17, 15) is 14.4 Å². The van der Waals surface area contributed by atoms with Crippen molar-refractivity contribution in [1.82, 2.24) is 20.9 Å². The molecule has 2 fully saturated rings. The lowest BCUT2D eigenvalue weighted by Gasteiger charge is -2.39. The lowest BCUT2D eigenvalue weighted by Crippen LogP contribution is -2.52. The van der Waals surface area contributed by atoms with E-state index in [2.05, 4.69) is 22.0 Å². The Hall–Kier alpha value is -2.29. The summed E-state index contributed by atoms with van der Waals surface area (Å²) >= 11 is 0. The molecule has 3 N–H and O–H groups in total. The van der Waals surface area contributed by atoms with E-state index in [-0.39, 0.29) is 29.7 Å². The van der Waals surface area contributed by atoms with Gasteiger partial charge in [0.1, 0.15) is 6.04 Å². The average molecular weight is 415 g/mol. The van der Waals surface area contributed by atoms with Crippen molar-refractivity contribution in [3.05, 3.63) is 34.9 Å². The van der Waals surface area contributed by atoms with Gasteiger partial charge in [0, 0.05) is 44.3 Å². The molecule has 1 aromatic rings. The van der Waals surface area contributed by atoms with Gasteiger partial charge in [0.15, 0.2) is 0 Å². The molecule has 0 saturated carbocycles. The number of rotatable bonds is 7. The van der Waals surface area contributed by atoms with Gasteiger partial charge in [-0.15, -0.1) is 0 Å². The number of benzene rings is 1. The van der Waals surface area contributed by atoms with Crippen LogP contribution in [0, 0.1) is 0 Å². The summed E-state index contributed by atoms with van der Waals surface area (Å²) in [5.41, 5.74) is 2.76. The fraction of sp³-hybridized carbons (Fsp3) is 0.591. The summed E-state index contributed by atoms with van der Waals surface area (Å²) in [7, 11) is 1.73. The van der Waals surface area contributed by atoms with E-state index in [1.165, 1.54) is 0 Å². The van der Waals surface area contributed by atoms with Crippen LogP contribution in [0.4, 0.5) is 0 Å². The maximum absolute atomic E-state index is 13.0. The number of hydrogen-bond acceptors (Lipinski definition) is 6. The second-order valence-electron chi connectivity index (χ2n) is 8.47. The highest BCUT2D eigenvalue weighted by atomic mass is 16.5. The van der Waals surface area contributed by atoms with Crippen LogP contribution in [-0.2, 0) is 27.4 Å². The Kier molecular flexibility index (Phi) is 6.17. The van der Waals surface area contributed by atoms with E-state index in [4.69, 9.17) is 4.74 Å². The fourth-order valence-corrected chi connectivity index (χ4v) is 4.82. The maximum Gasteiger partial charge on any atom is 0.255 e. The molecule has 0 radical (unpaired) electrons. The molecule has 8 heteroatoms. The molecule has 0 aliphatic carbocycles. The predicted octanol–water partition coefficient (Wildman–Crippen LogP) is 0.696. The molecule has 8 nitrogen and oxygen atoms in total. The number of hydrogen-bond donors (Lipinski definition) is 3. The first kappa shape index (κ1) is 21.0. The second kappa shape index (κ2) is 8.83. The number of piperidine rings is 2. The predicted molar refractivity (Wildman–Crippen MR) is 111 cm³/mol. The summed E-state index contributed by atoms with van der Waals surface area (Å²) in [5, 5.41) is 9.54. The Balaban J connectivity index is 1.50. The summed E-state index contributed by atoms with van der Waals surface area (Å²) in [6.45, 7) is 3.74. The number of nitrogens with one attached hydrogen (secondary N) is 3. The summed E-state index contributed by atoms with van der Waals surface area (Å²) in [6.07, 6.45) is 3.66. The van der Waals surface area contributed by atoms with Gasteiger partial charge >= 0.3 is 0 Å². The highest BCUT2D eigenvalue weighted by Gasteiger charge is 2.40. The molecular weight excluding hydrogens is 384 g/mol. The van der Waals surface area contributed by atoms with E-state index in [1.807, 2.05) is 12.1 Å². The minimum Gasteiger partial charge on any atom is -0.385 e. The molecule has 3 amide bonds. The smallest absolute Gasteiger partial charge is 0.255 e. The number of methoxy groups -OCH3 is 1. The van der Waals surface area contributed by atoms with Gasteiger partial charge in [0.05, 0.1) is 0 Å². The SMILES string of the molecule is COCCC1(NCc2cccc3c2CN(C2CCC(=O)NC2=O)C3=O)CCNCC1. The van der Waals surface area contributed by atoms with Crippen LogP contribution in [0.3, 0.4) is 0 Å². The average Bonchev–Trinajstić information content (AvgIpc) is 3.09. The Morgan fingerprint density at radius 2 is 2.03 bits per heavy atom. The number of fused-ring (bicyclic) bond motifs is 1. The van der Waals surface area contributed by atoms with E-state index >= 15 is 0 Å². The highest BCUT2D eigenvalue weighted by molar-refractivity contribution is 6.05. The van der Waals surface area contributed by atoms with Gasteiger partial charge in [-0.3, -0.25) is 19.7 Å². The minimum atomic E-state index is -0.583. The third-order valence-electron chi connectivity index (χ3n) is 6.68. The Labute approximate surface area is 176 Å². The van der Waals surface area contributed by atoms with Crippen molar-refractivity contribution < 1.29 is 19.1 Å². The summed E-state index contributed by atoms with van der Waals surface area (Å²) in [6, 6.07) is 5.21. The largest absolute Gasteiger partial charge is 0.385 e. The number of imide groups is 1. The van der Waals surface area contributed by atoms with Crippen molar-refractivity contribution >= 4 is 17.7 Å². The Morgan fingerprint density at radius 3 is 2.77 bits per heavy atom. The van der Waals surface area contributed by atoms with Crippen LogP contribution >= 0.6 is 0 Å². The van der Waals surface area contributed by atoms with Crippen LogP contribution in [-0.4, -0.2) is 61.0 Å². The van der Waals surface area contributed by atoms with Crippen LogP contribution in [0.2, 0.25) is 0 Å². The number of nitrogens with zero attached hydrogens (tertiary/aromatic N) is 1. The molecule has 3 heterocycles. The minimum absolute atomic E-state index is 0.0237. The van der Waals surface area contributed by atoms with Crippen LogP contribution < -0.4 is 16.0 Å². The Bertz CT molecular complexity index is 834. The van der Waals surface area contributed by atoms with Crippen LogP contribution in [0.5, 0.6) is 0 Å². The molecule has 0 bridgehead atoms. The molecule has 30 heavy (non-hydrogen) atoms. The van der Waals surface area contributed by atoms with Gasteiger partial charge in [-0.1, -0.05) is 12.1 Å². The molecule has 1 aromatic carbocycles. The normalized spacial score (nSPS) is 23.4. The van der Waals surface area contributed by atoms with Gasteiger partial charge < -0.3 is 20.3 Å². The summed E-state index contributed by atoms with van der Waals surface area (Å²) < 4.78 is 5.34. The summed E-state index contributed by atoms with van der Waals surface area (Å²) in [5.74, 6) is -0.772. The first-order valence-corrected chi connectivity index (χ1v) is 10.7. The molecule has 3 aliphatic heterocycles. The molecule has 0 spiro atoms. The quantitative estimate of drug-likeness (QED) is 0.568. The zero-order chi connectivity index (χ0) is 21.1. The zero-order valence-corrected chi connectivity index (χ0v) is 17.5. The van der Waals surface area contributed by atoms with Crippen molar-refractivity contribution in [2.45, 2.75) is 56.8 Å². The zero-order valence-electron chi connectivity index (χ0n) is 17.5. The number of carbonyl (C=O) groups excluding carboxylic acids is 3. The first-order valence-electron chi connectivity index (χ1n) is 10.7. The third-order valence-corrected chi connectivity index (χ3v) is 6.68. The van der Waals surface area contributed by atoms with Crippen molar-refractivity contribution in [3.63, 3.8) is 0 Å². The molecule has 162 valence electrons. The highest BCUT2D eigenvalue weighted by Crippen LogP contribution is 2.31. The second-order valence-corrected chi connectivity index (χ2v) is 8.47. The number of ether oxygens (including phenoxy) is 1. The Morgan fingerprint density at radius 1 is 1.23 bits per heavy atom. The van der Waals surface area contributed by atoms with Crippen molar-refractivity contribution in [1.29, 1.82) is 0 Å². The molecule has 1 atom stereocenters. The van der Waals surface area contributed by atoms with Gasteiger partial charge in [-0.25, -0.2) is 0 Å². The molecular formula is C22H30N4O4. The van der Waals surface area contributed by atoms with Crippen molar-refractivity contribution in [2.24, 2.45) is 0 Å². The van der Waals surface area contributed by atoms with Gasteiger partial charge in [0.25, 0.3) is 5.91 Å². The topological polar surface area (TPSA) is 99.8 Å². The van der Waals surface area contributed by atoms with Gasteiger partial charge in [0.2, 0.25) is 11.8 Å². The lowest BCUT2D eigenvalue weighted by molar-refractivity contribution is -0.136. The standard InChI is InChI=1S/C22H30N4O4/c1-30-12-9-22(7-10-23-11-8-22)24-13-15-3-2-4-16-17(15)14-26(21(16)29)18-5-6-19(27)25-20(18)28/h2-4,18,23-24H,5-14H2,1H3,(H,25,27,28). The molecule has 1 unspecified atom stereocenters. The van der Waals surface area contributed by atoms with E-state index in [1.54, 1.807) is 12.0 Å². The summed E-state index contributed by atoms with van der Waals surface area (Å²) in [4.78, 5) is 38.4. The molecule has 0 aromatic heterocycles. The third kappa shape index (κ3) is 4.12. The van der Waals surface area contributed by atoms with Gasteiger partial charge in [-0.05, 0) is 56.0 Å². The van der Waals surface area contributed by atoms with E-state index in [0.717, 1.165) is 43.5 Å². The monoisotopic (exact) mass is 414 g/mol. The van der Waals surface area contributed by atoms with Crippen LogP contribution in [0.1, 0.15) is 53.6 Å². The maximum atomic E-state index is 13.0. The van der Waals surface area contributed by atoms with Crippen molar-refractivity contribution in [3.8, 4) is 0 Å². The number of amides is 3. The van der Waals surface area contributed by atoms with Crippen LogP contribution in [0.15, 0.2) is 18.2 Å².